The van der Waals surface area contributed by atoms with Crippen LogP contribution in [0.2, 0.25) is 0 Å². The SMILES string of the molecule is N#Cc1[c]cccc1-c1cccc(O)c1. The van der Waals surface area contributed by atoms with Crippen LogP contribution < -0.4 is 0 Å². The highest BCUT2D eigenvalue weighted by molar-refractivity contribution is 5.71. The van der Waals surface area contributed by atoms with Gasteiger partial charge in [0.1, 0.15) is 11.8 Å². The number of hydrogen-bond donors (Lipinski definition) is 1. The Morgan fingerprint density at radius 2 is 2.07 bits per heavy atom. The fraction of sp³-hybridized carbons (Fsp3) is 0. The summed E-state index contributed by atoms with van der Waals surface area (Å²) >= 11 is 0. The van der Waals surface area contributed by atoms with E-state index in [9.17, 15) is 5.11 Å². The highest BCUT2D eigenvalue weighted by Gasteiger charge is 2.03. The van der Waals surface area contributed by atoms with Crippen molar-refractivity contribution in [3.8, 4) is 22.9 Å². The molecule has 2 rings (SSSR count). The van der Waals surface area contributed by atoms with Crippen molar-refractivity contribution in [2.75, 3.05) is 0 Å². The summed E-state index contributed by atoms with van der Waals surface area (Å²) in [5.74, 6) is 0.195. The van der Waals surface area contributed by atoms with E-state index in [0.29, 0.717) is 5.56 Å². The van der Waals surface area contributed by atoms with E-state index in [2.05, 4.69) is 12.1 Å². The maximum Gasteiger partial charge on any atom is 0.116 e. The van der Waals surface area contributed by atoms with E-state index < -0.39 is 0 Å². The Hall–Kier alpha value is -2.27. The first-order chi connectivity index (χ1) is 7.31. The van der Waals surface area contributed by atoms with Crippen LogP contribution in [-0.4, -0.2) is 5.11 Å². The van der Waals surface area contributed by atoms with Crippen LogP contribution in [0.5, 0.6) is 5.75 Å². The molecule has 2 aromatic rings. The molecule has 0 saturated heterocycles. The van der Waals surface area contributed by atoms with Crippen molar-refractivity contribution >= 4 is 0 Å². The summed E-state index contributed by atoms with van der Waals surface area (Å²) in [7, 11) is 0. The third-order valence-corrected chi connectivity index (χ3v) is 2.13. The highest BCUT2D eigenvalue weighted by Crippen LogP contribution is 2.25. The maximum atomic E-state index is 9.34. The third kappa shape index (κ3) is 1.82. The minimum absolute atomic E-state index is 0.195. The van der Waals surface area contributed by atoms with Crippen LogP contribution in [0.1, 0.15) is 5.56 Å². The fourth-order valence-electron chi connectivity index (χ4n) is 1.44. The first kappa shape index (κ1) is 9.29. The second-order valence-corrected chi connectivity index (χ2v) is 3.12. The average Bonchev–Trinajstić information content (AvgIpc) is 2.29. The molecule has 0 aliphatic rings. The number of hydrogen-bond acceptors (Lipinski definition) is 2. The number of rotatable bonds is 1. The minimum atomic E-state index is 0.195. The monoisotopic (exact) mass is 194 g/mol. The Bertz CT molecular complexity index is 526. The molecule has 0 aromatic heterocycles. The van der Waals surface area contributed by atoms with Gasteiger partial charge in [0, 0.05) is 11.6 Å². The molecule has 2 aromatic carbocycles. The number of phenols is 1. The van der Waals surface area contributed by atoms with Crippen molar-refractivity contribution in [1.82, 2.24) is 0 Å². The van der Waals surface area contributed by atoms with Crippen LogP contribution in [0.3, 0.4) is 0 Å². The first-order valence-corrected chi connectivity index (χ1v) is 4.51. The molecule has 71 valence electrons. The number of nitriles is 1. The molecule has 15 heavy (non-hydrogen) atoms. The van der Waals surface area contributed by atoms with E-state index in [1.165, 1.54) is 0 Å². The molecule has 0 aliphatic heterocycles. The van der Waals surface area contributed by atoms with Gasteiger partial charge >= 0.3 is 0 Å². The molecule has 0 bridgehead atoms. The number of benzene rings is 2. The van der Waals surface area contributed by atoms with Crippen LogP contribution >= 0.6 is 0 Å². The molecule has 0 aliphatic carbocycles. The molecular formula is C13H8NO. The summed E-state index contributed by atoms with van der Waals surface area (Å²) in [5.41, 5.74) is 2.10. The Morgan fingerprint density at radius 3 is 2.80 bits per heavy atom. The molecule has 0 heterocycles. The van der Waals surface area contributed by atoms with Crippen molar-refractivity contribution < 1.29 is 5.11 Å². The standard InChI is InChI=1S/C13H8NO/c14-9-11-4-1-2-7-13(11)10-5-3-6-12(15)8-10/h1-3,5-8,15H. The Kier molecular flexibility index (Phi) is 2.38. The third-order valence-electron chi connectivity index (χ3n) is 2.13. The second-order valence-electron chi connectivity index (χ2n) is 3.12. The van der Waals surface area contributed by atoms with E-state index in [-0.39, 0.29) is 5.75 Å². The molecule has 0 saturated carbocycles. The number of aromatic hydroxyl groups is 1. The molecule has 0 amide bonds. The van der Waals surface area contributed by atoms with E-state index in [0.717, 1.165) is 11.1 Å². The molecule has 0 fully saturated rings. The molecule has 1 radical (unpaired) electrons. The van der Waals surface area contributed by atoms with E-state index in [1.807, 2.05) is 18.2 Å². The van der Waals surface area contributed by atoms with Gasteiger partial charge in [-0.15, -0.1) is 0 Å². The van der Waals surface area contributed by atoms with Crippen molar-refractivity contribution in [2.24, 2.45) is 0 Å². The largest absolute Gasteiger partial charge is 0.508 e. The van der Waals surface area contributed by atoms with Crippen LogP contribution in [-0.2, 0) is 0 Å². The summed E-state index contributed by atoms with van der Waals surface area (Å²) in [6, 6.07) is 17.1. The predicted octanol–water partition coefficient (Wildman–Crippen LogP) is 2.73. The van der Waals surface area contributed by atoms with Gasteiger partial charge in [-0.1, -0.05) is 30.3 Å². The topological polar surface area (TPSA) is 44.0 Å². The average molecular weight is 194 g/mol. The lowest BCUT2D eigenvalue weighted by atomic mass is 10.0. The van der Waals surface area contributed by atoms with Crippen molar-refractivity contribution in [1.29, 1.82) is 5.26 Å². The summed E-state index contributed by atoms with van der Waals surface area (Å²) in [6.07, 6.45) is 0. The lowest BCUT2D eigenvalue weighted by Crippen LogP contribution is -1.83. The Labute approximate surface area is 88.0 Å². The highest BCUT2D eigenvalue weighted by atomic mass is 16.3. The van der Waals surface area contributed by atoms with Gasteiger partial charge in [0.05, 0.1) is 5.56 Å². The smallest absolute Gasteiger partial charge is 0.116 e. The van der Waals surface area contributed by atoms with E-state index in [4.69, 9.17) is 5.26 Å². The van der Waals surface area contributed by atoms with Crippen molar-refractivity contribution in [3.05, 3.63) is 54.1 Å². The van der Waals surface area contributed by atoms with Gasteiger partial charge in [-0.25, -0.2) is 0 Å². The van der Waals surface area contributed by atoms with Crippen LogP contribution in [0.15, 0.2) is 42.5 Å². The molecular weight excluding hydrogens is 186 g/mol. The molecule has 2 nitrogen and oxygen atoms in total. The summed E-state index contributed by atoms with van der Waals surface area (Å²) in [6.45, 7) is 0. The zero-order valence-corrected chi connectivity index (χ0v) is 7.94. The van der Waals surface area contributed by atoms with Gasteiger partial charge < -0.3 is 5.11 Å². The van der Waals surface area contributed by atoms with Gasteiger partial charge in [0.15, 0.2) is 0 Å². The lowest BCUT2D eigenvalue weighted by molar-refractivity contribution is 0.475. The maximum absolute atomic E-state index is 9.34. The van der Waals surface area contributed by atoms with Crippen molar-refractivity contribution in [2.45, 2.75) is 0 Å². The Balaban J connectivity index is 2.60. The summed E-state index contributed by atoms with van der Waals surface area (Å²) in [5, 5.41) is 18.3. The zero-order valence-electron chi connectivity index (χ0n) is 7.94. The zero-order chi connectivity index (χ0) is 10.7. The van der Waals surface area contributed by atoms with Crippen LogP contribution in [0.4, 0.5) is 0 Å². The van der Waals surface area contributed by atoms with Crippen LogP contribution in [0.25, 0.3) is 11.1 Å². The second kappa shape index (κ2) is 3.85. The fourth-order valence-corrected chi connectivity index (χ4v) is 1.44. The molecule has 1 N–H and O–H groups in total. The molecule has 0 spiro atoms. The predicted molar refractivity (Wildman–Crippen MR) is 57.1 cm³/mol. The molecule has 0 unspecified atom stereocenters. The lowest BCUT2D eigenvalue weighted by Gasteiger charge is -2.03. The quantitative estimate of drug-likeness (QED) is 0.758. The van der Waals surface area contributed by atoms with Gasteiger partial charge in [0.25, 0.3) is 0 Å². The minimum Gasteiger partial charge on any atom is -0.508 e. The van der Waals surface area contributed by atoms with E-state index >= 15 is 0 Å². The van der Waals surface area contributed by atoms with Gasteiger partial charge in [0.2, 0.25) is 0 Å². The molecule has 2 heteroatoms. The first-order valence-electron chi connectivity index (χ1n) is 4.51. The van der Waals surface area contributed by atoms with Gasteiger partial charge in [-0.3, -0.25) is 0 Å². The van der Waals surface area contributed by atoms with Crippen LogP contribution in [0, 0.1) is 17.4 Å². The number of phenolic OH excluding ortho intramolecular Hbond substituents is 1. The Morgan fingerprint density at radius 1 is 1.20 bits per heavy atom. The summed E-state index contributed by atoms with van der Waals surface area (Å²) in [4.78, 5) is 0. The van der Waals surface area contributed by atoms with Gasteiger partial charge in [-0.2, -0.15) is 5.26 Å². The van der Waals surface area contributed by atoms with Crippen molar-refractivity contribution in [3.63, 3.8) is 0 Å². The number of nitrogens with zero attached hydrogens (tertiary/aromatic N) is 1. The normalized spacial score (nSPS) is 9.53. The summed E-state index contributed by atoms with van der Waals surface area (Å²) < 4.78 is 0. The van der Waals surface area contributed by atoms with E-state index in [1.54, 1.807) is 24.3 Å². The molecule has 0 atom stereocenters. The van der Waals surface area contributed by atoms with Gasteiger partial charge in [-0.05, 0) is 17.7 Å².